The summed E-state index contributed by atoms with van der Waals surface area (Å²) in [6, 6.07) is 32.0. The van der Waals surface area contributed by atoms with E-state index in [1.807, 2.05) is 91.0 Å². The maximum absolute atomic E-state index is 13.1. The van der Waals surface area contributed by atoms with E-state index in [0.717, 1.165) is 40.8 Å². The molecule has 0 spiro atoms. The molecule has 0 radical (unpaired) electrons. The van der Waals surface area contributed by atoms with Gasteiger partial charge in [0, 0.05) is 22.7 Å². The molecule has 2 N–H and O–H groups in total. The van der Waals surface area contributed by atoms with Crippen molar-refractivity contribution >= 4 is 34.9 Å². The lowest BCUT2D eigenvalue weighted by Crippen LogP contribution is -2.27. The van der Waals surface area contributed by atoms with E-state index in [2.05, 4.69) is 5.32 Å². The average molecular weight is 552 g/mol. The van der Waals surface area contributed by atoms with Crippen LogP contribution in [0.1, 0.15) is 47.2 Å². The number of rotatable bonds is 11. The van der Waals surface area contributed by atoms with Gasteiger partial charge >= 0.3 is 5.97 Å². The first-order valence-corrected chi connectivity index (χ1v) is 13.8. The molecule has 1 aliphatic rings. The van der Waals surface area contributed by atoms with Gasteiger partial charge in [-0.3, -0.25) is 14.4 Å². The normalized spacial score (nSPS) is 14.2. The molecule has 4 aromatic carbocycles. The number of amides is 1. The molecule has 1 amide bonds. The van der Waals surface area contributed by atoms with Gasteiger partial charge in [0.2, 0.25) is 5.91 Å². The second kappa shape index (κ2) is 11.9. The summed E-state index contributed by atoms with van der Waals surface area (Å²) in [5.74, 6) is -1.88. The van der Waals surface area contributed by atoms with Crippen molar-refractivity contribution in [3.63, 3.8) is 0 Å². The Balaban J connectivity index is 1.19. The SMILES string of the molecule is O=C(CC(CCc1ccccc1)C(=O)O)c1ccc(-c2ccc(NC(=O)C3(c4ccc(Cl)cc4)CC3)cc2)cc1. The van der Waals surface area contributed by atoms with E-state index in [9.17, 15) is 19.5 Å². The van der Waals surface area contributed by atoms with Crippen LogP contribution >= 0.6 is 11.6 Å². The molecule has 6 heteroatoms. The van der Waals surface area contributed by atoms with Crippen molar-refractivity contribution in [1.29, 1.82) is 0 Å². The van der Waals surface area contributed by atoms with Crippen LogP contribution in [0.25, 0.3) is 11.1 Å². The lowest BCUT2D eigenvalue weighted by Gasteiger charge is -2.16. The molecular weight excluding hydrogens is 522 g/mol. The van der Waals surface area contributed by atoms with Crippen molar-refractivity contribution in [3.05, 3.63) is 125 Å². The summed E-state index contributed by atoms with van der Waals surface area (Å²) in [5.41, 5.74) is 4.63. The number of carbonyl (C=O) groups excluding carboxylic acids is 2. The summed E-state index contributed by atoms with van der Waals surface area (Å²) in [7, 11) is 0. The number of ketones is 1. The number of hydrogen-bond acceptors (Lipinski definition) is 3. The number of hydrogen-bond donors (Lipinski definition) is 2. The van der Waals surface area contributed by atoms with Gasteiger partial charge < -0.3 is 10.4 Å². The van der Waals surface area contributed by atoms with Crippen LogP contribution in [0.4, 0.5) is 5.69 Å². The molecule has 1 aliphatic carbocycles. The summed E-state index contributed by atoms with van der Waals surface area (Å²) < 4.78 is 0. The standard InChI is InChI=1S/C34H30ClNO4/c35-29-16-14-28(15-17-29)34(20-21-34)33(40)36-30-18-12-25(13-19-30)24-8-10-26(11-9-24)31(37)22-27(32(38)39)7-6-23-4-2-1-3-5-23/h1-5,8-19,27H,6-7,20-22H2,(H,36,40)(H,38,39). The molecule has 0 aromatic heterocycles. The number of benzene rings is 4. The zero-order valence-electron chi connectivity index (χ0n) is 22.0. The topological polar surface area (TPSA) is 83.5 Å². The molecule has 0 bridgehead atoms. The third-order valence-corrected chi connectivity index (χ3v) is 7.92. The first-order chi connectivity index (χ1) is 19.3. The molecule has 0 aliphatic heterocycles. The third-order valence-electron chi connectivity index (χ3n) is 7.67. The summed E-state index contributed by atoms with van der Waals surface area (Å²) in [6.07, 6.45) is 2.61. The Labute approximate surface area is 238 Å². The van der Waals surface area contributed by atoms with Crippen LogP contribution in [0, 0.1) is 5.92 Å². The first kappa shape index (κ1) is 27.4. The number of anilines is 1. The molecule has 0 saturated heterocycles. The fourth-order valence-electron chi connectivity index (χ4n) is 5.03. The number of aliphatic carboxylic acids is 1. The van der Waals surface area contributed by atoms with Gasteiger partial charge in [-0.15, -0.1) is 0 Å². The highest BCUT2D eigenvalue weighted by atomic mass is 35.5. The number of aryl methyl sites for hydroxylation is 1. The molecule has 40 heavy (non-hydrogen) atoms. The van der Waals surface area contributed by atoms with Gasteiger partial charge in [-0.05, 0) is 72.2 Å². The zero-order chi connectivity index (χ0) is 28.1. The maximum atomic E-state index is 13.1. The molecule has 5 rings (SSSR count). The number of carboxylic acids is 1. The highest BCUT2D eigenvalue weighted by Crippen LogP contribution is 2.49. The van der Waals surface area contributed by atoms with Gasteiger partial charge in [0.15, 0.2) is 5.78 Å². The Kier molecular flexibility index (Phi) is 8.13. The molecule has 1 fully saturated rings. The number of nitrogens with one attached hydrogen (secondary N) is 1. The highest BCUT2D eigenvalue weighted by Gasteiger charge is 2.51. The van der Waals surface area contributed by atoms with Crippen LogP contribution < -0.4 is 5.32 Å². The van der Waals surface area contributed by atoms with Crippen LogP contribution in [-0.4, -0.2) is 22.8 Å². The molecule has 202 valence electrons. The number of carboxylic acid groups (broad SMARTS) is 1. The Morgan fingerprint density at radius 2 is 1.40 bits per heavy atom. The van der Waals surface area contributed by atoms with Gasteiger partial charge in [0.05, 0.1) is 11.3 Å². The molecular formula is C34H30ClNO4. The van der Waals surface area contributed by atoms with Gasteiger partial charge in [-0.2, -0.15) is 0 Å². The van der Waals surface area contributed by atoms with Crippen molar-refractivity contribution in [3.8, 4) is 11.1 Å². The fraction of sp³-hybridized carbons (Fsp3) is 0.206. The van der Waals surface area contributed by atoms with E-state index >= 15 is 0 Å². The van der Waals surface area contributed by atoms with Crippen molar-refractivity contribution < 1.29 is 19.5 Å². The summed E-state index contributed by atoms with van der Waals surface area (Å²) in [6.45, 7) is 0. The van der Waals surface area contributed by atoms with E-state index in [1.54, 1.807) is 12.1 Å². The van der Waals surface area contributed by atoms with Crippen molar-refractivity contribution in [2.45, 2.75) is 37.5 Å². The number of Topliss-reactive ketones (excluding diaryl/α,β-unsaturated/α-hetero) is 1. The van der Waals surface area contributed by atoms with Gasteiger partial charge in [0.25, 0.3) is 0 Å². The number of halogens is 1. The lowest BCUT2D eigenvalue weighted by molar-refractivity contribution is -0.141. The number of carbonyl (C=O) groups is 3. The van der Waals surface area contributed by atoms with Crippen LogP contribution in [0.2, 0.25) is 5.02 Å². The fourth-order valence-corrected chi connectivity index (χ4v) is 5.15. The highest BCUT2D eigenvalue weighted by molar-refractivity contribution is 6.30. The van der Waals surface area contributed by atoms with Gasteiger partial charge in [0.1, 0.15) is 0 Å². The largest absolute Gasteiger partial charge is 0.481 e. The Morgan fingerprint density at radius 3 is 1.98 bits per heavy atom. The Hall–Kier alpha value is -4.22. The van der Waals surface area contributed by atoms with Crippen molar-refractivity contribution in [1.82, 2.24) is 0 Å². The summed E-state index contributed by atoms with van der Waals surface area (Å²) in [4.78, 5) is 37.7. The van der Waals surface area contributed by atoms with E-state index in [0.29, 0.717) is 23.4 Å². The Morgan fingerprint density at radius 1 is 0.800 bits per heavy atom. The smallest absolute Gasteiger partial charge is 0.306 e. The predicted molar refractivity (Wildman–Crippen MR) is 158 cm³/mol. The lowest BCUT2D eigenvalue weighted by atomic mass is 9.92. The first-order valence-electron chi connectivity index (χ1n) is 13.4. The average Bonchev–Trinajstić information content (AvgIpc) is 3.79. The maximum Gasteiger partial charge on any atom is 0.306 e. The molecule has 0 heterocycles. The second-order valence-electron chi connectivity index (χ2n) is 10.4. The minimum Gasteiger partial charge on any atom is -0.481 e. The van der Waals surface area contributed by atoms with E-state index in [1.165, 1.54) is 0 Å². The molecule has 5 nitrogen and oxygen atoms in total. The molecule has 1 saturated carbocycles. The monoisotopic (exact) mass is 551 g/mol. The minimum atomic E-state index is -0.950. The summed E-state index contributed by atoms with van der Waals surface area (Å²) in [5, 5.41) is 13.3. The Bertz CT molecular complexity index is 1490. The minimum absolute atomic E-state index is 0.0196. The zero-order valence-corrected chi connectivity index (χ0v) is 22.7. The van der Waals surface area contributed by atoms with Gasteiger partial charge in [-0.25, -0.2) is 0 Å². The van der Waals surface area contributed by atoms with E-state index in [-0.39, 0.29) is 18.1 Å². The van der Waals surface area contributed by atoms with Gasteiger partial charge in [-0.1, -0.05) is 90.5 Å². The molecule has 4 aromatic rings. The quantitative estimate of drug-likeness (QED) is 0.188. The van der Waals surface area contributed by atoms with Crippen LogP contribution in [-0.2, 0) is 21.4 Å². The van der Waals surface area contributed by atoms with Crippen LogP contribution in [0.5, 0.6) is 0 Å². The predicted octanol–water partition coefficient (Wildman–Crippen LogP) is 7.58. The van der Waals surface area contributed by atoms with Crippen molar-refractivity contribution in [2.75, 3.05) is 5.32 Å². The third kappa shape index (κ3) is 6.32. The second-order valence-corrected chi connectivity index (χ2v) is 10.8. The van der Waals surface area contributed by atoms with Crippen LogP contribution in [0.15, 0.2) is 103 Å². The summed E-state index contributed by atoms with van der Waals surface area (Å²) >= 11 is 6.00. The van der Waals surface area contributed by atoms with Crippen LogP contribution in [0.3, 0.4) is 0 Å². The van der Waals surface area contributed by atoms with Crippen molar-refractivity contribution in [2.24, 2.45) is 5.92 Å². The molecule has 1 unspecified atom stereocenters. The van der Waals surface area contributed by atoms with E-state index in [4.69, 9.17) is 11.6 Å². The molecule has 1 atom stereocenters. The van der Waals surface area contributed by atoms with E-state index < -0.39 is 17.3 Å².